The molecule has 14 heavy (non-hydrogen) atoms. The lowest BCUT2D eigenvalue weighted by atomic mass is 10.1. The Kier molecular flexibility index (Phi) is 3.25. The van der Waals surface area contributed by atoms with Crippen LogP contribution < -0.4 is 0 Å². The number of nitriles is 1. The van der Waals surface area contributed by atoms with E-state index in [-0.39, 0.29) is 22.1 Å². The van der Waals surface area contributed by atoms with Gasteiger partial charge in [0.15, 0.2) is 6.29 Å². The summed E-state index contributed by atoms with van der Waals surface area (Å²) < 4.78 is 24.7. The van der Waals surface area contributed by atoms with Gasteiger partial charge in [-0.05, 0) is 22.0 Å². The van der Waals surface area contributed by atoms with Crippen molar-refractivity contribution >= 4 is 22.2 Å². The highest BCUT2D eigenvalue weighted by Gasteiger charge is 2.17. The maximum absolute atomic E-state index is 12.4. The normalized spacial score (nSPS) is 9.93. The molecule has 0 bridgehead atoms. The van der Waals surface area contributed by atoms with E-state index in [1.807, 2.05) is 0 Å². The van der Waals surface area contributed by atoms with E-state index in [9.17, 15) is 13.6 Å². The maximum atomic E-state index is 12.4. The first-order valence-corrected chi connectivity index (χ1v) is 4.23. The Labute approximate surface area is 86.5 Å². The predicted molar refractivity (Wildman–Crippen MR) is 47.0 cm³/mol. The molecule has 1 aromatic heterocycles. The number of rotatable bonds is 2. The topological polar surface area (TPSA) is 53.8 Å². The van der Waals surface area contributed by atoms with Gasteiger partial charge < -0.3 is 0 Å². The third-order valence-electron chi connectivity index (χ3n) is 1.51. The van der Waals surface area contributed by atoms with Gasteiger partial charge in [0.1, 0.15) is 16.4 Å². The minimum Gasteiger partial charge on any atom is -0.298 e. The number of carbonyl (C=O) groups excluding carboxylic acids is 1. The van der Waals surface area contributed by atoms with Crippen LogP contribution in [-0.4, -0.2) is 11.3 Å². The minimum atomic E-state index is -2.80. The van der Waals surface area contributed by atoms with Crippen LogP contribution >= 0.6 is 15.9 Å². The van der Waals surface area contributed by atoms with Crippen LogP contribution in [0.2, 0.25) is 0 Å². The van der Waals surface area contributed by atoms with Gasteiger partial charge in [-0.3, -0.25) is 4.79 Å². The molecule has 0 amide bonds. The maximum Gasteiger partial charge on any atom is 0.264 e. The van der Waals surface area contributed by atoms with Crippen LogP contribution in [0, 0.1) is 11.3 Å². The van der Waals surface area contributed by atoms with Crippen LogP contribution in [0.1, 0.15) is 28.0 Å². The third kappa shape index (κ3) is 1.93. The van der Waals surface area contributed by atoms with Crippen molar-refractivity contribution in [3.05, 3.63) is 27.5 Å². The Balaban J connectivity index is 3.45. The molecule has 0 aliphatic carbocycles. The largest absolute Gasteiger partial charge is 0.298 e. The molecule has 1 heterocycles. The van der Waals surface area contributed by atoms with Gasteiger partial charge in [0.25, 0.3) is 6.43 Å². The Morgan fingerprint density at radius 2 is 2.29 bits per heavy atom. The van der Waals surface area contributed by atoms with Crippen molar-refractivity contribution < 1.29 is 13.6 Å². The van der Waals surface area contributed by atoms with Crippen molar-refractivity contribution in [3.63, 3.8) is 0 Å². The molecule has 0 aliphatic rings. The molecule has 6 heteroatoms. The van der Waals surface area contributed by atoms with Crippen molar-refractivity contribution in [2.24, 2.45) is 0 Å². The van der Waals surface area contributed by atoms with Gasteiger partial charge in [-0.1, -0.05) is 0 Å². The van der Waals surface area contributed by atoms with Crippen LogP contribution in [0.25, 0.3) is 0 Å². The van der Waals surface area contributed by atoms with Crippen molar-refractivity contribution in [2.45, 2.75) is 6.43 Å². The summed E-state index contributed by atoms with van der Waals surface area (Å²) in [5.74, 6) is 0. The van der Waals surface area contributed by atoms with E-state index in [1.54, 1.807) is 6.07 Å². The van der Waals surface area contributed by atoms with Gasteiger partial charge in [0, 0.05) is 5.56 Å². The second kappa shape index (κ2) is 4.24. The summed E-state index contributed by atoms with van der Waals surface area (Å²) in [7, 11) is 0. The summed E-state index contributed by atoms with van der Waals surface area (Å²) in [6.45, 7) is 0. The summed E-state index contributed by atoms with van der Waals surface area (Å²) in [5.41, 5.74) is -0.866. The monoisotopic (exact) mass is 260 g/mol. The number of halogens is 3. The van der Waals surface area contributed by atoms with Crippen LogP contribution in [0.3, 0.4) is 0 Å². The van der Waals surface area contributed by atoms with E-state index in [4.69, 9.17) is 5.26 Å². The standard InChI is InChI=1S/C8H3BrF2N2O/c9-7-6(3-14)5(8(10)11)1-4(2-12)13-7/h1,3,8H. The highest BCUT2D eigenvalue weighted by atomic mass is 79.9. The summed E-state index contributed by atoms with van der Waals surface area (Å²) in [4.78, 5) is 14.1. The average molecular weight is 261 g/mol. The van der Waals surface area contributed by atoms with E-state index < -0.39 is 12.0 Å². The predicted octanol–water partition coefficient (Wildman–Crippen LogP) is 2.47. The molecular weight excluding hydrogens is 258 g/mol. The second-order valence-corrected chi connectivity index (χ2v) is 3.08. The number of alkyl halides is 2. The van der Waals surface area contributed by atoms with Gasteiger partial charge in [-0.25, -0.2) is 13.8 Å². The van der Waals surface area contributed by atoms with Crippen LogP contribution in [0.15, 0.2) is 10.7 Å². The fraction of sp³-hybridized carbons (Fsp3) is 0.125. The first-order valence-electron chi connectivity index (χ1n) is 3.44. The number of hydrogen-bond donors (Lipinski definition) is 0. The fourth-order valence-corrected chi connectivity index (χ4v) is 1.41. The van der Waals surface area contributed by atoms with Crippen molar-refractivity contribution in [2.75, 3.05) is 0 Å². The Morgan fingerprint density at radius 3 is 2.71 bits per heavy atom. The van der Waals surface area contributed by atoms with Gasteiger partial charge in [-0.2, -0.15) is 5.26 Å². The first-order chi connectivity index (χ1) is 6.60. The van der Waals surface area contributed by atoms with Crippen LogP contribution in [0.4, 0.5) is 8.78 Å². The van der Waals surface area contributed by atoms with E-state index in [0.717, 1.165) is 6.07 Å². The summed E-state index contributed by atoms with van der Waals surface area (Å²) in [6, 6.07) is 2.53. The minimum absolute atomic E-state index is 0.0400. The van der Waals surface area contributed by atoms with Crippen LogP contribution in [0.5, 0.6) is 0 Å². The number of aldehydes is 1. The second-order valence-electron chi connectivity index (χ2n) is 2.33. The summed E-state index contributed by atoms with van der Waals surface area (Å²) in [5, 5.41) is 8.47. The summed E-state index contributed by atoms with van der Waals surface area (Å²) in [6.07, 6.45) is -2.53. The number of nitrogens with zero attached hydrogens (tertiary/aromatic N) is 2. The number of aromatic nitrogens is 1. The summed E-state index contributed by atoms with van der Waals surface area (Å²) >= 11 is 2.84. The molecule has 0 aromatic carbocycles. The van der Waals surface area contributed by atoms with Gasteiger partial charge >= 0.3 is 0 Å². The van der Waals surface area contributed by atoms with Crippen molar-refractivity contribution in [1.29, 1.82) is 5.26 Å². The molecule has 1 aromatic rings. The van der Waals surface area contributed by atoms with Crippen LogP contribution in [-0.2, 0) is 0 Å². The fourth-order valence-electron chi connectivity index (χ4n) is 0.897. The average Bonchev–Trinajstić information content (AvgIpc) is 2.16. The molecular formula is C8H3BrF2N2O. The molecule has 0 saturated heterocycles. The Morgan fingerprint density at radius 1 is 1.64 bits per heavy atom. The number of hydrogen-bond acceptors (Lipinski definition) is 3. The Bertz CT molecular complexity index is 415. The van der Waals surface area contributed by atoms with E-state index in [0.29, 0.717) is 0 Å². The molecule has 72 valence electrons. The molecule has 0 saturated carbocycles. The first kappa shape index (κ1) is 10.7. The molecule has 0 spiro atoms. The SMILES string of the molecule is N#Cc1cc(C(F)F)c(C=O)c(Br)n1. The molecule has 0 aliphatic heterocycles. The van der Waals surface area contributed by atoms with Gasteiger partial charge in [0.05, 0.1) is 5.56 Å². The zero-order valence-electron chi connectivity index (χ0n) is 6.67. The third-order valence-corrected chi connectivity index (χ3v) is 2.12. The van der Waals surface area contributed by atoms with Crippen molar-refractivity contribution in [1.82, 2.24) is 4.98 Å². The smallest absolute Gasteiger partial charge is 0.264 e. The van der Waals surface area contributed by atoms with E-state index in [1.165, 1.54) is 0 Å². The lowest BCUT2D eigenvalue weighted by Gasteiger charge is -2.04. The molecule has 3 nitrogen and oxygen atoms in total. The van der Waals surface area contributed by atoms with Gasteiger partial charge in [-0.15, -0.1) is 0 Å². The zero-order chi connectivity index (χ0) is 10.7. The van der Waals surface area contributed by atoms with E-state index in [2.05, 4.69) is 20.9 Å². The van der Waals surface area contributed by atoms with Crippen molar-refractivity contribution in [3.8, 4) is 6.07 Å². The zero-order valence-corrected chi connectivity index (χ0v) is 8.25. The molecule has 0 fully saturated rings. The lowest BCUT2D eigenvalue weighted by molar-refractivity contribution is 0.110. The lowest BCUT2D eigenvalue weighted by Crippen LogP contribution is -1.99. The molecule has 0 atom stereocenters. The van der Waals surface area contributed by atoms with E-state index >= 15 is 0 Å². The molecule has 0 N–H and O–H groups in total. The number of carbonyl (C=O) groups is 1. The quantitative estimate of drug-likeness (QED) is 0.607. The highest BCUT2D eigenvalue weighted by molar-refractivity contribution is 9.10. The molecule has 0 radical (unpaired) electrons. The molecule has 1 rings (SSSR count). The van der Waals surface area contributed by atoms with Gasteiger partial charge in [0.2, 0.25) is 0 Å². The highest BCUT2D eigenvalue weighted by Crippen LogP contribution is 2.26. The number of pyridine rings is 1. The Hall–Kier alpha value is -1.35. The molecule has 0 unspecified atom stereocenters.